The maximum atomic E-state index is 12.6. The van der Waals surface area contributed by atoms with Gasteiger partial charge in [0.2, 0.25) is 0 Å². The van der Waals surface area contributed by atoms with Gasteiger partial charge in [-0.05, 0) is 112 Å². The first-order valence-corrected chi connectivity index (χ1v) is 15.3. The summed E-state index contributed by atoms with van der Waals surface area (Å²) in [4.78, 5) is 24.2. The van der Waals surface area contributed by atoms with Crippen LogP contribution in [0.5, 0.6) is 11.5 Å². The van der Waals surface area contributed by atoms with E-state index in [0.717, 1.165) is 56.6 Å². The van der Waals surface area contributed by atoms with Crippen molar-refractivity contribution >= 4 is 11.9 Å². The summed E-state index contributed by atoms with van der Waals surface area (Å²) in [5.74, 6) is 2.41. The lowest BCUT2D eigenvalue weighted by Gasteiger charge is -2.28. The molecule has 1 fully saturated rings. The van der Waals surface area contributed by atoms with Crippen LogP contribution in [-0.4, -0.2) is 25.2 Å². The fourth-order valence-corrected chi connectivity index (χ4v) is 5.38. The maximum absolute atomic E-state index is 12.6. The lowest BCUT2D eigenvalue weighted by Crippen LogP contribution is -2.13. The van der Waals surface area contributed by atoms with Gasteiger partial charge in [-0.1, -0.05) is 51.7 Å². The number of carbonyl (C=O) groups is 2. The van der Waals surface area contributed by atoms with Gasteiger partial charge >= 0.3 is 11.9 Å². The zero-order valence-corrected chi connectivity index (χ0v) is 24.1. The van der Waals surface area contributed by atoms with Crippen molar-refractivity contribution in [2.24, 2.45) is 5.92 Å². The molecular weight excluding hydrogens is 488 g/mol. The molecule has 3 rings (SSSR count). The standard InChI is InChI=1S/C34H48O5/c1-3-5-8-12-33(35)38-26-10-7-6-9-25-37-31-21-19-30(20-22-31)34(36)39-32-23-17-29(18-24-32)28-15-13-27(11-4-2)14-16-28/h17-24,27-28H,3-16,25-26H2,1-2H3. The predicted octanol–water partition coefficient (Wildman–Crippen LogP) is 9.04. The van der Waals surface area contributed by atoms with Gasteiger partial charge in [0.05, 0.1) is 18.8 Å². The lowest BCUT2D eigenvalue weighted by molar-refractivity contribution is -0.143. The van der Waals surface area contributed by atoms with Crippen LogP contribution in [0.25, 0.3) is 0 Å². The second-order valence-electron chi connectivity index (χ2n) is 10.9. The molecule has 214 valence electrons. The molecule has 0 saturated heterocycles. The van der Waals surface area contributed by atoms with Gasteiger partial charge in [0.25, 0.3) is 0 Å². The highest BCUT2D eigenvalue weighted by molar-refractivity contribution is 5.91. The van der Waals surface area contributed by atoms with E-state index in [2.05, 4.69) is 26.0 Å². The van der Waals surface area contributed by atoms with Crippen molar-refractivity contribution < 1.29 is 23.8 Å². The fourth-order valence-electron chi connectivity index (χ4n) is 5.38. The van der Waals surface area contributed by atoms with Crippen LogP contribution in [0.2, 0.25) is 0 Å². The monoisotopic (exact) mass is 536 g/mol. The summed E-state index contributed by atoms with van der Waals surface area (Å²) in [5.41, 5.74) is 1.86. The molecule has 39 heavy (non-hydrogen) atoms. The topological polar surface area (TPSA) is 61.8 Å². The van der Waals surface area contributed by atoms with Crippen LogP contribution < -0.4 is 9.47 Å². The van der Waals surface area contributed by atoms with E-state index >= 15 is 0 Å². The SMILES string of the molecule is CCCCCC(=O)OCCCCCCOc1ccc(C(=O)Oc2ccc(C3CCC(CCC)CC3)cc2)cc1. The molecule has 0 aliphatic heterocycles. The number of carbonyl (C=O) groups excluding carboxylic acids is 2. The summed E-state index contributed by atoms with van der Waals surface area (Å²) in [7, 11) is 0. The summed E-state index contributed by atoms with van der Waals surface area (Å²) >= 11 is 0. The molecule has 1 aliphatic carbocycles. The van der Waals surface area contributed by atoms with Gasteiger partial charge in [-0.2, -0.15) is 0 Å². The quantitative estimate of drug-likeness (QED) is 0.115. The van der Waals surface area contributed by atoms with E-state index in [4.69, 9.17) is 14.2 Å². The molecule has 0 aromatic heterocycles. The fraction of sp³-hybridized carbons (Fsp3) is 0.588. The van der Waals surface area contributed by atoms with Gasteiger partial charge in [0.15, 0.2) is 0 Å². The van der Waals surface area contributed by atoms with Crippen LogP contribution in [-0.2, 0) is 9.53 Å². The summed E-state index contributed by atoms with van der Waals surface area (Å²) in [6.07, 6.45) is 15.3. The van der Waals surface area contributed by atoms with Crippen LogP contribution in [0.3, 0.4) is 0 Å². The van der Waals surface area contributed by atoms with Crippen LogP contribution in [0.15, 0.2) is 48.5 Å². The minimum absolute atomic E-state index is 0.0768. The highest BCUT2D eigenvalue weighted by Gasteiger charge is 2.22. The average Bonchev–Trinajstić information content (AvgIpc) is 2.96. The van der Waals surface area contributed by atoms with Crippen LogP contribution in [0.4, 0.5) is 0 Å². The first kappa shape index (κ1) is 30.7. The van der Waals surface area contributed by atoms with Gasteiger partial charge in [0.1, 0.15) is 11.5 Å². The molecule has 0 radical (unpaired) electrons. The van der Waals surface area contributed by atoms with Crippen molar-refractivity contribution in [1.29, 1.82) is 0 Å². The normalized spacial score (nSPS) is 17.0. The summed E-state index contributed by atoms with van der Waals surface area (Å²) < 4.78 is 16.7. The minimum Gasteiger partial charge on any atom is -0.494 e. The molecule has 0 N–H and O–H groups in total. The highest BCUT2D eigenvalue weighted by Crippen LogP contribution is 2.37. The first-order valence-electron chi connectivity index (χ1n) is 15.3. The molecule has 0 spiro atoms. The van der Waals surface area contributed by atoms with Crippen molar-refractivity contribution in [3.05, 3.63) is 59.7 Å². The second kappa shape index (κ2) is 17.7. The predicted molar refractivity (Wildman–Crippen MR) is 157 cm³/mol. The van der Waals surface area contributed by atoms with Crippen LogP contribution >= 0.6 is 0 Å². The molecule has 1 aliphatic rings. The van der Waals surface area contributed by atoms with Gasteiger partial charge in [-0.15, -0.1) is 0 Å². The number of rotatable bonds is 17. The number of hydrogen-bond donors (Lipinski definition) is 0. The molecule has 5 heteroatoms. The van der Waals surface area contributed by atoms with Gasteiger partial charge < -0.3 is 14.2 Å². The summed E-state index contributed by atoms with van der Waals surface area (Å²) in [6, 6.07) is 15.2. The van der Waals surface area contributed by atoms with E-state index in [1.165, 1.54) is 44.1 Å². The van der Waals surface area contributed by atoms with Gasteiger partial charge in [-0.25, -0.2) is 4.79 Å². The Hall–Kier alpha value is -2.82. The Bertz CT molecular complexity index is 958. The Morgan fingerprint density at radius 1 is 0.718 bits per heavy atom. The third-order valence-electron chi connectivity index (χ3n) is 7.75. The smallest absolute Gasteiger partial charge is 0.343 e. The van der Waals surface area contributed by atoms with Crippen molar-refractivity contribution in [3.8, 4) is 11.5 Å². The molecule has 2 aromatic rings. The molecule has 5 nitrogen and oxygen atoms in total. The highest BCUT2D eigenvalue weighted by atomic mass is 16.5. The number of esters is 2. The van der Waals surface area contributed by atoms with Crippen molar-refractivity contribution in [3.63, 3.8) is 0 Å². The van der Waals surface area contributed by atoms with E-state index in [-0.39, 0.29) is 11.9 Å². The Morgan fingerprint density at radius 2 is 1.38 bits per heavy atom. The number of unbranched alkanes of at least 4 members (excludes halogenated alkanes) is 5. The molecule has 0 amide bonds. The van der Waals surface area contributed by atoms with E-state index in [1.54, 1.807) is 12.1 Å². The number of ether oxygens (including phenoxy) is 3. The average molecular weight is 537 g/mol. The summed E-state index contributed by atoms with van der Waals surface area (Å²) in [6.45, 7) is 5.53. The number of benzene rings is 2. The van der Waals surface area contributed by atoms with E-state index in [0.29, 0.717) is 36.9 Å². The molecule has 0 heterocycles. The lowest BCUT2D eigenvalue weighted by atomic mass is 9.77. The van der Waals surface area contributed by atoms with Crippen molar-refractivity contribution in [2.45, 2.75) is 110 Å². The van der Waals surface area contributed by atoms with Crippen LogP contribution in [0.1, 0.15) is 126 Å². The molecule has 0 bridgehead atoms. The largest absolute Gasteiger partial charge is 0.494 e. The minimum atomic E-state index is -0.361. The third kappa shape index (κ3) is 11.4. The first-order chi connectivity index (χ1) is 19.1. The molecular formula is C34H48O5. The number of hydrogen-bond acceptors (Lipinski definition) is 5. The Morgan fingerprint density at radius 3 is 2.05 bits per heavy atom. The van der Waals surface area contributed by atoms with E-state index in [1.807, 2.05) is 24.3 Å². The van der Waals surface area contributed by atoms with Gasteiger partial charge in [0, 0.05) is 6.42 Å². The molecule has 2 aromatic carbocycles. The third-order valence-corrected chi connectivity index (χ3v) is 7.75. The molecule has 0 atom stereocenters. The molecule has 1 saturated carbocycles. The second-order valence-corrected chi connectivity index (χ2v) is 10.9. The van der Waals surface area contributed by atoms with Gasteiger partial charge in [-0.3, -0.25) is 4.79 Å². The van der Waals surface area contributed by atoms with Crippen molar-refractivity contribution in [1.82, 2.24) is 0 Å². The Labute approximate surface area is 235 Å². The molecule has 0 unspecified atom stereocenters. The zero-order chi connectivity index (χ0) is 27.7. The Balaban J connectivity index is 1.29. The maximum Gasteiger partial charge on any atom is 0.343 e. The zero-order valence-electron chi connectivity index (χ0n) is 24.1. The van der Waals surface area contributed by atoms with E-state index < -0.39 is 0 Å². The van der Waals surface area contributed by atoms with Crippen LogP contribution in [0, 0.1) is 5.92 Å². The summed E-state index contributed by atoms with van der Waals surface area (Å²) in [5, 5.41) is 0. The van der Waals surface area contributed by atoms with E-state index in [9.17, 15) is 9.59 Å². The van der Waals surface area contributed by atoms with Crippen molar-refractivity contribution in [2.75, 3.05) is 13.2 Å². The Kier molecular flexibility index (Phi) is 13.9.